The average Bonchev–Trinajstić information content (AvgIpc) is 2.81. The van der Waals surface area contributed by atoms with Crippen LogP contribution in [0, 0.1) is 0 Å². The van der Waals surface area contributed by atoms with Crippen LogP contribution in [0.1, 0.15) is 52.0 Å². The van der Waals surface area contributed by atoms with E-state index in [0.29, 0.717) is 17.5 Å². The van der Waals surface area contributed by atoms with Crippen LogP contribution in [0.15, 0.2) is 18.2 Å². The van der Waals surface area contributed by atoms with Gasteiger partial charge in [-0.1, -0.05) is 6.07 Å². The van der Waals surface area contributed by atoms with Crippen molar-refractivity contribution in [3.63, 3.8) is 0 Å². The third kappa shape index (κ3) is 2.77. The van der Waals surface area contributed by atoms with Gasteiger partial charge in [-0.15, -0.1) is 0 Å². The van der Waals surface area contributed by atoms with Gasteiger partial charge in [0.15, 0.2) is 5.78 Å². The maximum Gasteiger partial charge on any atom is 0.254 e. The van der Waals surface area contributed by atoms with Crippen molar-refractivity contribution in [2.24, 2.45) is 0 Å². The molecule has 22 heavy (non-hydrogen) atoms. The Morgan fingerprint density at radius 1 is 1.32 bits per heavy atom. The first-order valence-electron chi connectivity index (χ1n) is 7.82. The molecule has 0 spiro atoms. The van der Waals surface area contributed by atoms with Crippen molar-refractivity contribution in [3.8, 4) is 0 Å². The number of aryl methyl sites for hydroxylation is 1. The minimum atomic E-state index is -1.08. The number of carbonyl (C=O) groups is 2. The molecule has 2 unspecified atom stereocenters. The smallest absolute Gasteiger partial charge is 0.254 e. The number of halogens is 1. The summed E-state index contributed by atoms with van der Waals surface area (Å²) in [4.78, 5) is 26.0. The third-order valence-electron chi connectivity index (χ3n) is 4.59. The molecule has 118 valence electrons. The summed E-state index contributed by atoms with van der Waals surface area (Å²) < 4.78 is 13.5. The molecule has 1 aliphatic heterocycles. The monoisotopic (exact) mass is 305 g/mol. The van der Waals surface area contributed by atoms with E-state index in [1.165, 1.54) is 4.90 Å². The van der Waals surface area contributed by atoms with E-state index in [0.717, 1.165) is 24.8 Å². The topological polar surface area (TPSA) is 57.6 Å². The maximum atomic E-state index is 13.5. The number of amides is 1. The number of benzene rings is 1. The summed E-state index contributed by atoms with van der Waals surface area (Å²) in [5, 5.41) is 9.31. The Morgan fingerprint density at radius 3 is 2.86 bits per heavy atom. The largest absolute Gasteiger partial charge is 0.394 e. The zero-order chi connectivity index (χ0) is 15.7. The van der Waals surface area contributed by atoms with Crippen LogP contribution in [0.3, 0.4) is 0 Å². The fraction of sp³-hybridized carbons (Fsp3) is 0.529. The van der Waals surface area contributed by atoms with Crippen LogP contribution in [0.4, 0.5) is 4.39 Å². The van der Waals surface area contributed by atoms with E-state index in [9.17, 15) is 19.1 Å². The summed E-state index contributed by atoms with van der Waals surface area (Å²) in [7, 11) is 0. The first-order chi connectivity index (χ1) is 10.6. The Balaban J connectivity index is 1.87. The molecule has 1 heterocycles. The lowest BCUT2D eigenvalue weighted by Crippen LogP contribution is -2.37. The molecule has 0 aromatic heterocycles. The van der Waals surface area contributed by atoms with E-state index in [4.69, 9.17) is 0 Å². The maximum absolute atomic E-state index is 13.5. The Bertz CT molecular complexity index is 602. The van der Waals surface area contributed by atoms with E-state index in [2.05, 4.69) is 0 Å². The lowest BCUT2D eigenvalue weighted by Gasteiger charge is -2.23. The standard InChI is InChI=1S/C17H20FNO3/c18-13-8-14(10-20)19(9-13)17(22)12-5-6-15-11(7-12)3-1-2-4-16(15)21/h5-7,13-14,20H,1-4,8-10H2. The molecule has 4 nitrogen and oxygen atoms in total. The van der Waals surface area contributed by atoms with Crippen molar-refractivity contribution in [1.82, 2.24) is 4.90 Å². The number of Topliss-reactive ketones (excluding diaryl/α,β-unsaturated/α-hetero) is 1. The second-order valence-electron chi connectivity index (χ2n) is 6.13. The van der Waals surface area contributed by atoms with Crippen LogP contribution in [0.2, 0.25) is 0 Å². The molecule has 1 aromatic carbocycles. The van der Waals surface area contributed by atoms with Gasteiger partial charge in [0, 0.05) is 24.0 Å². The van der Waals surface area contributed by atoms with Gasteiger partial charge in [0.2, 0.25) is 0 Å². The summed E-state index contributed by atoms with van der Waals surface area (Å²) in [5.41, 5.74) is 2.09. The average molecular weight is 305 g/mol. The van der Waals surface area contributed by atoms with E-state index in [1.54, 1.807) is 18.2 Å². The number of hydrogen-bond donors (Lipinski definition) is 1. The molecule has 1 aliphatic carbocycles. The first kappa shape index (κ1) is 15.2. The predicted molar refractivity (Wildman–Crippen MR) is 79.8 cm³/mol. The molecule has 0 radical (unpaired) electrons. The van der Waals surface area contributed by atoms with Crippen molar-refractivity contribution in [2.75, 3.05) is 13.2 Å². The molecule has 5 heteroatoms. The van der Waals surface area contributed by atoms with Gasteiger partial charge in [0.25, 0.3) is 5.91 Å². The highest BCUT2D eigenvalue weighted by molar-refractivity contribution is 6.00. The van der Waals surface area contributed by atoms with Crippen LogP contribution in [-0.2, 0) is 6.42 Å². The molecule has 2 aliphatic rings. The summed E-state index contributed by atoms with van der Waals surface area (Å²) in [6.45, 7) is -0.199. The molecule has 3 rings (SSSR count). The van der Waals surface area contributed by atoms with Gasteiger partial charge in [-0.3, -0.25) is 9.59 Å². The fourth-order valence-corrected chi connectivity index (χ4v) is 3.39. The zero-order valence-electron chi connectivity index (χ0n) is 12.4. The third-order valence-corrected chi connectivity index (χ3v) is 4.59. The molecule has 1 fully saturated rings. The molecule has 2 atom stereocenters. The van der Waals surface area contributed by atoms with Gasteiger partial charge >= 0.3 is 0 Å². The van der Waals surface area contributed by atoms with Crippen LogP contribution < -0.4 is 0 Å². The molecule has 0 bridgehead atoms. The normalized spacial score (nSPS) is 25.0. The summed E-state index contributed by atoms with van der Waals surface area (Å²) in [6.07, 6.45) is 2.26. The number of aliphatic hydroxyl groups is 1. The fourth-order valence-electron chi connectivity index (χ4n) is 3.39. The van der Waals surface area contributed by atoms with E-state index >= 15 is 0 Å². The van der Waals surface area contributed by atoms with Gasteiger partial charge in [-0.05, 0) is 37.0 Å². The van der Waals surface area contributed by atoms with Gasteiger partial charge in [-0.25, -0.2) is 4.39 Å². The van der Waals surface area contributed by atoms with Crippen molar-refractivity contribution in [3.05, 3.63) is 34.9 Å². The first-order valence-corrected chi connectivity index (χ1v) is 7.82. The molecule has 0 saturated carbocycles. The Kier molecular flexibility index (Phi) is 4.25. The van der Waals surface area contributed by atoms with Gasteiger partial charge in [0.05, 0.1) is 19.2 Å². The molecule has 1 saturated heterocycles. The Labute approximate surface area is 128 Å². The minimum absolute atomic E-state index is 0.0279. The lowest BCUT2D eigenvalue weighted by atomic mass is 9.98. The second-order valence-corrected chi connectivity index (χ2v) is 6.13. The highest BCUT2D eigenvalue weighted by Crippen LogP contribution is 2.25. The number of ketones is 1. The summed E-state index contributed by atoms with van der Waals surface area (Å²) >= 11 is 0. The van der Waals surface area contributed by atoms with Crippen LogP contribution >= 0.6 is 0 Å². The molecule has 1 N–H and O–H groups in total. The molecule has 1 aromatic rings. The van der Waals surface area contributed by atoms with E-state index in [1.807, 2.05) is 0 Å². The molecular formula is C17H20FNO3. The summed E-state index contributed by atoms with van der Waals surface area (Å²) in [6, 6.07) is 4.67. The predicted octanol–water partition coefficient (Wildman–Crippen LogP) is 2.14. The van der Waals surface area contributed by atoms with E-state index < -0.39 is 12.2 Å². The van der Waals surface area contributed by atoms with Crippen LogP contribution in [-0.4, -0.2) is 47.1 Å². The number of carbonyl (C=O) groups excluding carboxylic acids is 2. The zero-order valence-corrected chi connectivity index (χ0v) is 12.4. The van der Waals surface area contributed by atoms with Crippen molar-refractivity contribution in [1.29, 1.82) is 0 Å². The quantitative estimate of drug-likeness (QED) is 0.852. The SMILES string of the molecule is O=C1CCCCc2cc(C(=O)N3CC(F)CC3CO)ccc21. The number of likely N-dealkylation sites (tertiary alicyclic amines) is 1. The van der Waals surface area contributed by atoms with Crippen LogP contribution in [0.5, 0.6) is 0 Å². The number of rotatable bonds is 2. The van der Waals surface area contributed by atoms with Crippen molar-refractivity contribution < 1.29 is 19.1 Å². The number of aliphatic hydroxyl groups excluding tert-OH is 1. The Morgan fingerprint density at radius 2 is 2.09 bits per heavy atom. The summed E-state index contributed by atoms with van der Waals surface area (Å²) in [5.74, 6) is -0.136. The number of fused-ring (bicyclic) bond motifs is 1. The van der Waals surface area contributed by atoms with E-state index in [-0.39, 0.29) is 31.3 Å². The van der Waals surface area contributed by atoms with Crippen LogP contribution in [0.25, 0.3) is 0 Å². The number of nitrogens with zero attached hydrogens (tertiary/aromatic N) is 1. The highest BCUT2D eigenvalue weighted by Gasteiger charge is 2.35. The molecule has 1 amide bonds. The minimum Gasteiger partial charge on any atom is -0.394 e. The number of alkyl halides is 1. The van der Waals surface area contributed by atoms with Gasteiger partial charge in [-0.2, -0.15) is 0 Å². The van der Waals surface area contributed by atoms with Gasteiger partial charge < -0.3 is 10.0 Å². The van der Waals surface area contributed by atoms with Crippen molar-refractivity contribution in [2.45, 2.75) is 44.3 Å². The number of hydrogen-bond acceptors (Lipinski definition) is 3. The molecular weight excluding hydrogens is 285 g/mol. The van der Waals surface area contributed by atoms with Gasteiger partial charge in [0.1, 0.15) is 6.17 Å². The van der Waals surface area contributed by atoms with Crippen molar-refractivity contribution >= 4 is 11.7 Å². The lowest BCUT2D eigenvalue weighted by molar-refractivity contribution is 0.0672. The second kappa shape index (κ2) is 6.16. The Hall–Kier alpha value is -1.75. The highest BCUT2D eigenvalue weighted by atomic mass is 19.1.